The number of aliphatic hydroxyl groups is 1. The van der Waals surface area contributed by atoms with Gasteiger partial charge in [0.15, 0.2) is 0 Å². The van der Waals surface area contributed by atoms with Crippen molar-refractivity contribution in [3.8, 4) is 0 Å². The summed E-state index contributed by atoms with van der Waals surface area (Å²) in [5.41, 5.74) is 2.13. The van der Waals surface area contributed by atoms with Gasteiger partial charge in [-0.15, -0.1) is 0 Å². The Balaban J connectivity index is 2.11. The molecule has 78 valence electrons. The third-order valence-electron chi connectivity index (χ3n) is 2.37. The van der Waals surface area contributed by atoms with Gasteiger partial charge in [0.2, 0.25) is 0 Å². The molecule has 0 fully saturated rings. The van der Waals surface area contributed by atoms with Crippen LogP contribution in [-0.2, 0) is 6.54 Å². The molecule has 0 aliphatic rings. The zero-order valence-corrected chi connectivity index (χ0v) is 8.67. The van der Waals surface area contributed by atoms with E-state index in [0.717, 1.165) is 12.1 Å². The number of hydrogen-bond donors (Lipinski definition) is 1. The zero-order valence-electron chi connectivity index (χ0n) is 8.67. The highest BCUT2D eigenvalue weighted by Gasteiger charge is 2.00. The Labute approximate surface area is 89.0 Å². The minimum absolute atomic E-state index is 0.399. The normalized spacial score (nSPS) is 12.7. The van der Waals surface area contributed by atoms with Gasteiger partial charge < -0.3 is 5.11 Å². The van der Waals surface area contributed by atoms with E-state index in [4.69, 9.17) is 0 Å². The predicted octanol–water partition coefficient (Wildman–Crippen LogP) is 1.98. The maximum Gasteiger partial charge on any atom is 0.0761 e. The molecule has 15 heavy (non-hydrogen) atoms. The maximum absolute atomic E-state index is 9.35. The van der Waals surface area contributed by atoms with Crippen molar-refractivity contribution in [3.63, 3.8) is 0 Å². The third kappa shape index (κ3) is 2.44. The fourth-order valence-corrected chi connectivity index (χ4v) is 1.48. The lowest BCUT2D eigenvalue weighted by molar-refractivity contribution is 0.199. The summed E-state index contributed by atoms with van der Waals surface area (Å²) in [4.78, 5) is 0. The Hall–Kier alpha value is -1.61. The number of aromatic nitrogens is 2. The molecule has 2 rings (SSSR count). The van der Waals surface area contributed by atoms with Crippen molar-refractivity contribution in [2.45, 2.75) is 19.6 Å². The predicted molar refractivity (Wildman–Crippen MR) is 58.4 cm³/mol. The summed E-state index contributed by atoms with van der Waals surface area (Å²) < 4.78 is 1.87. The number of nitrogens with zero attached hydrogens (tertiary/aromatic N) is 2. The third-order valence-corrected chi connectivity index (χ3v) is 2.37. The first-order valence-electron chi connectivity index (χ1n) is 5.00. The van der Waals surface area contributed by atoms with Gasteiger partial charge in [0.1, 0.15) is 0 Å². The summed E-state index contributed by atoms with van der Waals surface area (Å²) in [7, 11) is 0. The molecule has 2 aromatic rings. The van der Waals surface area contributed by atoms with Crippen LogP contribution in [0.1, 0.15) is 24.2 Å². The number of rotatable bonds is 3. The molecule has 0 bridgehead atoms. The minimum Gasteiger partial charge on any atom is -0.389 e. The maximum atomic E-state index is 9.35. The molecular formula is C12H14N2O. The van der Waals surface area contributed by atoms with Crippen molar-refractivity contribution < 1.29 is 5.11 Å². The SMILES string of the molecule is C[C@H](O)c1ccc(Cn2cccn2)cc1. The van der Waals surface area contributed by atoms with Crippen LogP contribution in [0.4, 0.5) is 0 Å². The molecular weight excluding hydrogens is 188 g/mol. The van der Waals surface area contributed by atoms with Crippen LogP contribution in [0.3, 0.4) is 0 Å². The summed E-state index contributed by atoms with van der Waals surface area (Å²) in [6.45, 7) is 2.54. The van der Waals surface area contributed by atoms with Crippen LogP contribution in [0.25, 0.3) is 0 Å². The number of hydrogen-bond acceptors (Lipinski definition) is 2. The second kappa shape index (κ2) is 4.28. The van der Waals surface area contributed by atoms with Crippen LogP contribution in [-0.4, -0.2) is 14.9 Å². The molecule has 0 saturated heterocycles. The van der Waals surface area contributed by atoms with Crippen molar-refractivity contribution in [2.75, 3.05) is 0 Å². The molecule has 0 aliphatic carbocycles. The van der Waals surface area contributed by atoms with Crippen molar-refractivity contribution >= 4 is 0 Å². The Morgan fingerprint density at radius 2 is 2.07 bits per heavy atom. The second-order valence-corrected chi connectivity index (χ2v) is 3.62. The summed E-state index contributed by atoms with van der Waals surface area (Å²) in [6, 6.07) is 9.84. The Bertz CT molecular complexity index is 404. The van der Waals surface area contributed by atoms with E-state index in [1.54, 1.807) is 13.1 Å². The van der Waals surface area contributed by atoms with Gasteiger partial charge in [-0.25, -0.2) is 0 Å². The van der Waals surface area contributed by atoms with Gasteiger partial charge in [0, 0.05) is 12.4 Å². The lowest BCUT2D eigenvalue weighted by Gasteiger charge is -2.06. The first-order valence-corrected chi connectivity index (χ1v) is 5.00. The summed E-state index contributed by atoms with van der Waals surface area (Å²) in [6.07, 6.45) is 3.30. The Morgan fingerprint density at radius 3 is 2.60 bits per heavy atom. The molecule has 1 N–H and O–H groups in total. The molecule has 1 atom stereocenters. The standard InChI is InChI=1S/C12H14N2O/c1-10(15)12-5-3-11(4-6-12)9-14-8-2-7-13-14/h2-8,10,15H,9H2,1H3/t10-/m0/s1. The van der Waals surface area contributed by atoms with Gasteiger partial charge >= 0.3 is 0 Å². The lowest BCUT2D eigenvalue weighted by atomic mass is 10.1. The van der Waals surface area contributed by atoms with Gasteiger partial charge in [0.25, 0.3) is 0 Å². The molecule has 0 saturated carbocycles. The molecule has 0 amide bonds. The molecule has 1 aromatic heterocycles. The zero-order chi connectivity index (χ0) is 10.7. The van der Waals surface area contributed by atoms with Crippen LogP contribution in [0.5, 0.6) is 0 Å². The van der Waals surface area contributed by atoms with E-state index in [2.05, 4.69) is 5.10 Å². The average molecular weight is 202 g/mol. The first-order chi connectivity index (χ1) is 7.25. The molecule has 0 radical (unpaired) electrons. The largest absolute Gasteiger partial charge is 0.389 e. The second-order valence-electron chi connectivity index (χ2n) is 3.62. The van der Waals surface area contributed by atoms with E-state index in [9.17, 15) is 5.11 Å². The number of benzene rings is 1. The van der Waals surface area contributed by atoms with Crippen molar-refractivity contribution in [3.05, 3.63) is 53.9 Å². The topological polar surface area (TPSA) is 38.0 Å². The highest BCUT2D eigenvalue weighted by molar-refractivity contribution is 5.23. The fraction of sp³-hybridized carbons (Fsp3) is 0.250. The van der Waals surface area contributed by atoms with E-state index < -0.39 is 6.10 Å². The Morgan fingerprint density at radius 1 is 1.33 bits per heavy atom. The molecule has 0 spiro atoms. The quantitative estimate of drug-likeness (QED) is 0.826. The summed E-state index contributed by atoms with van der Waals surface area (Å²) >= 11 is 0. The summed E-state index contributed by atoms with van der Waals surface area (Å²) in [5, 5.41) is 13.5. The van der Waals surface area contributed by atoms with E-state index in [1.165, 1.54) is 5.56 Å². The van der Waals surface area contributed by atoms with E-state index in [-0.39, 0.29) is 0 Å². The van der Waals surface area contributed by atoms with E-state index in [1.807, 2.05) is 41.2 Å². The Kier molecular flexibility index (Phi) is 2.83. The monoisotopic (exact) mass is 202 g/mol. The average Bonchev–Trinajstić information content (AvgIpc) is 2.71. The highest BCUT2D eigenvalue weighted by atomic mass is 16.3. The first kappa shape index (κ1) is 9.93. The molecule has 0 unspecified atom stereocenters. The van der Waals surface area contributed by atoms with Gasteiger partial charge in [0.05, 0.1) is 12.6 Å². The van der Waals surface area contributed by atoms with Crippen molar-refractivity contribution in [1.82, 2.24) is 9.78 Å². The minimum atomic E-state index is -0.399. The van der Waals surface area contributed by atoms with Gasteiger partial charge in [-0.3, -0.25) is 4.68 Å². The smallest absolute Gasteiger partial charge is 0.0761 e. The molecule has 3 nitrogen and oxygen atoms in total. The molecule has 0 aliphatic heterocycles. The molecule has 3 heteroatoms. The fourth-order valence-electron chi connectivity index (χ4n) is 1.48. The van der Waals surface area contributed by atoms with Gasteiger partial charge in [-0.1, -0.05) is 24.3 Å². The van der Waals surface area contributed by atoms with Crippen LogP contribution < -0.4 is 0 Å². The van der Waals surface area contributed by atoms with Crippen LogP contribution in [0.2, 0.25) is 0 Å². The van der Waals surface area contributed by atoms with Gasteiger partial charge in [-0.05, 0) is 24.1 Å². The van der Waals surface area contributed by atoms with E-state index >= 15 is 0 Å². The summed E-state index contributed by atoms with van der Waals surface area (Å²) in [5.74, 6) is 0. The van der Waals surface area contributed by atoms with Crippen molar-refractivity contribution in [2.24, 2.45) is 0 Å². The highest BCUT2D eigenvalue weighted by Crippen LogP contribution is 2.13. The lowest BCUT2D eigenvalue weighted by Crippen LogP contribution is -2.00. The van der Waals surface area contributed by atoms with Crippen LogP contribution >= 0.6 is 0 Å². The van der Waals surface area contributed by atoms with Crippen molar-refractivity contribution in [1.29, 1.82) is 0 Å². The molecule has 1 heterocycles. The molecule has 1 aromatic carbocycles. The van der Waals surface area contributed by atoms with Crippen LogP contribution in [0.15, 0.2) is 42.7 Å². The van der Waals surface area contributed by atoms with Gasteiger partial charge in [-0.2, -0.15) is 5.10 Å². The van der Waals surface area contributed by atoms with E-state index in [0.29, 0.717) is 0 Å². The van der Waals surface area contributed by atoms with Crippen LogP contribution in [0, 0.1) is 0 Å². The number of aliphatic hydroxyl groups excluding tert-OH is 1.